The van der Waals surface area contributed by atoms with E-state index in [1.54, 1.807) is 12.1 Å². The molecule has 15 heavy (non-hydrogen) atoms. The van der Waals surface area contributed by atoms with Crippen molar-refractivity contribution in [1.29, 1.82) is 0 Å². The summed E-state index contributed by atoms with van der Waals surface area (Å²) in [6, 6.07) is 3.16. The molecule has 0 radical (unpaired) electrons. The van der Waals surface area contributed by atoms with Crippen molar-refractivity contribution < 1.29 is 13.5 Å². The van der Waals surface area contributed by atoms with Gasteiger partial charge < -0.3 is 4.74 Å². The number of nitrogens with zero attached hydrogens (tertiary/aromatic N) is 1. The van der Waals surface area contributed by atoms with Gasteiger partial charge in [0.05, 0.1) is 23.0 Å². The number of benzene rings is 1. The number of ether oxygens (including phenoxy) is 1. The standard InChI is InChI=1S/C9H7ClF2N2O/c1-15-5-3-2-4-6(7(5)10)8(9(11)12)14-13-4/h2-3,9H,1H3,(H,13,14). The summed E-state index contributed by atoms with van der Waals surface area (Å²) in [5.41, 5.74) is 0.116. The fourth-order valence-corrected chi connectivity index (χ4v) is 1.73. The lowest BCUT2D eigenvalue weighted by Crippen LogP contribution is -1.88. The molecule has 0 bridgehead atoms. The van der Waals surface area contributed by atoms with Crippen molar-refractivity contribution in [3.8, 4) is 5.75 Å². The van der Waals surface area contributed by atoms with Crippen molar-refractivity contribution >= 4 is 22.5 Å². The van der Waals surface area contributed by atoms with Crippen LogP contribution in [0.1, 0.15) is 12.1 Å². The van der Waals surface area contributed by atoms with Gasteiger partial charge in [0, 0.05) is 0 Å². The topological polar surface area (TPSA) is 37.9 Å². The lowest BCUT2D eigenvalue weighted by Gasteiger charge is -2.04. The molecule has 0 spiro atoms. The Balaban J connectivity index is 2.76. The minimum absolute atomic E-state index is 0.152. The predicted molar refractivity (Wildman–Crippen MR) is 52.6 cm³/mol. The van der Waals surface area contributed by atoms with Crippen LogP contribution in [0.25, 0.3) is 10.9 Å². The molecule has 80 valence electrons. The van der Waals surface area contributed by atoms with Crippen molar-refractivity contribution in [3.63, 3.8) is 0 Å². The fraction of sp³-hybridized carbons (Fsp3) is 0.222. The Labute approximate surface area is 89.0 Å². The van der Waals surface area contributed by atoms with Crippen molar-refractivity contribution in [1.82, 2.24) is 10.2 Å². The molecular formula is C9H7ClF2N2O. The van der Waals surface area contributed by atoms with Gasteiger partial charge in [0.15, 0.2) is 0 Å². The van der Waals surface area contributed by atoms with Crippen LogP contribution in [0.3, 0.4) is 0 Å². The van der Waals surface area contributed by atoms with E-state index < -0.39 is 6.43 Å². The maximum absolute atomic E-state index is 12.6. The van der Waals surface area contributed by atoms with Crippen molar-refractivity contribution in [2.24, 2.45) is 0 Å². The number of hydrogen-bond donors (Lipinski definition) is 1. The van der Waals surface area contributed by atoms with E-state index in [0.717, 1.165) is 0 Å². The van der Waals surface area contributed by atoms with Gasteiger partial charge in [0.1, 0.15) is 11.4 Å². The molecule has 2 rings (SSSR count). The number of aromatic amines is 1. The molecule has 0 atom stereocenters. The summed E-state index contributed by atoms with van der Waals surface area (Å²) in [7, 11) is 1.43. The van der Waals surface area contributed by atoms with Crippen molar-refractivity contribution in [3.05, 3.63) is 22.8 Å². The van der Waals surface area contributed by atoms with Crippen LogP contribution in [-0.2, 0) is 0 Å². The van der Waals surface area contributed by atoms with Crippen LogP contribution < -0.4 is 4.74 Å². The zero-order chi connectivity index (χ0) is 11.0. The number of halogens is 3. The Morgan fingerprint density at radius 2 is 2.20 bits per heavy atom. The minimum atomic E-state index is -2.64. The smallest absolute Gasteiger partial charge is 0.280 e. The quantitative estimate of drug-likeness (QED) is 0.864. The maximum Gasteiger partial charge on any atom is 0.280 e. The molecule has 0 unspecified atom stereocenters. The largest absolute Gasteiger partial charge is 0.495 e. The third-order valence-corrected chi connectivity index (χ3v) is 2.46. The normalized spacial score (nSPS) is 11.3. The molecule has 0 aliphatic rings. The van der Waals surface area contributed by atoms with Gasteiger partial charge >= 0.3 is 0 Å². The van der Waals surface area contributed by atoms with Gasteiger partial charge in [-0.05, 0) is 12.1 Å². The Bertz CT molecular complexity index is 498. The van der Waals surface area contributed by atoms with Crippen molar-refractivity contribution in [2.75, 3.05) is 7.11 Å². The Morgan fingerprint density at radius 3 is 2.80 bits per heavy atom. The summed E-state index contributed by atoms with van der Waals surface area (Å²) in [6.07, 6.45) is -2.64. The third kappa shape index (κ3) is 1.52. The van der Waals surface area contributed by atoms with Crippen LogP contribution in [-0.4, -0.2) is 17.3 Å². The lowest BCUT2D eigenvalue weighted by molar-refractivity contribution is 0.147. The summed E-state index contributed by atoms with van der Waals surface area (Å²) in [4.78, 5) is 0. The minimum Gasteiger partial charge on any atom is -0.495 e. The van der Waals surface area contributed by atoms with Crippen LogP contribution in [0.4, 0.5) is 8.78 Å². The van der Waals surface area contributed by atoms with Crippen LogP contribution in [0, 0.1) is 0 Å². The zero-order valence-electron chi connectivity index (χ0n) is 7.72. The van der Waals surface area contributed by atoms with Gasteiger partial charge in [0.25, 0.3) is 6.43 Å². The first-order chi connectivity index (χ1) is 7.15. The molecule has 1 heterocycles. The molecule has 3 nitrogen and oxygen atoms in total. The summed E-state index contributed by atoms with van der Waals surface area (Å²) in [5.74, 6) is 0.354. The van der Waals surface area contributed by atoms with E-state index >= 15 is 0 Å². The number of alkyl halides is 2. The van der Waals surface area contributed by atoms with Gasteiger partial charge in [-0.15, -0.1) is 0 Å². The van der Waals surface area contributed by atoms with Crippen LogP contribution >= 0.6 is 11.6 Å². The molecule has 0 aliphatic heterocycles. The average molecular weight is 233 g/mol. The molecule has 0 amide bonds. The highest BCUT2D eigenvalue weighted by Crippen LogP contribution is 2.36. The van der Waals surface area contributed by atoms with Crippen LogP contribution in [0.2, 0.25) is 5.02 Å². The monoisotopic (exact) mass is 232 g/mol. The highest BCUT2D eigenvalue weighted by atomic mass is 35.5. The first-order valence-electron chi connectivity index (χ1n) is 4.13. The highest BCUT2D eigenvalue weighted by Gasteiger charge is 2.19. The second-order valence-corrected chi connectivity index (χ2v) is 3.29. The van der Waals surface area contributed by atoms with Crippen LogP contribution in [0.5, 0.6) is 5.75 Å². The molecule has 2 aromatic rings. The first-order valence-corrected chi connectivity index (χ1v) is 4.51. The van der Waals surface area contributed by atoms with Crippen LogP contribution in [0.15, 0.2) is 12.1 Å². The lowest BCUT2D eigenvalue weighted by atomic mass is 10.2. The summed E-state index contributed by atoms with van der Waals surface area (Å²) in [5, 5.41) is 6.36. The molecule has 6 heteroatoms. The second-order valence-electron chi connectivity index (χ2n) is 2.91. The summed E-state index contributed by atoms with van der Waals surface area (Å²) < 4.78 is 30.1. The van der Waals surface area contributed by atoms with E-state index in [1.165, 1.54) is 7.11 Å². The van der Waals surface area contributed by atoms with Gasteiger partial charge in [-0.2, -0.15) is 5.10 Å². The summed E-state index contributed by atoms with van der Waals surface area (Å²) in [6.45, 7) is 0. The number of H-pyrrole nitrogens is 1. The van der Waals surface area contributed by atoms with Gasteiger partial charge in [-0.25, -0.2) is 8.78 Å². The molecule has 0 saturated heterocycles. The molecule has 0 fully saturated rings. The van der Waals surface area contributed by atoms with E-state index in [0.29, 0.717) is 11.3 Å². The van der Waals surface area contributed by atoms with Gasteiger partial charge in [-0.3, -0.25) is 5.10 Å². The SMILES string of the molecule is COc1ccc2n[nH]c(C(F)F)c2c1Cl. The van der Waals surface area contributed by atoms with E-state index in [9.17, 15) is 8.78 Å². The first kappa shape index (κ1) is 10.2. The number of fused-ring (bicyclic) bond motifs is 1. The molecule has 1 aromatic carbocycles. The van der Waals surface area contributed by atoms with E-state index in [-0.39, 0.29) is 16.1 Å². The number of rotatable bonds is 2. The zero-order valence-corrected chi connectivity index (χ0v) is 8.48. The molecule has 0 aliphatic carbocycles. The van der Waals surface area contributed by atoms with Gasteiger partial charge in [0.2, 0.25) is 0 Å². The third-order valence-electron chi connectivity index (χ3n) is 2.09. The molecule has 0 saturated carbocycles. The van der Waals surface area contributed by atoms with Gasteiger partial charge in [-0.1, -0.05) is 11.6 Å². The molecule has 1 N–H and O–H groups in total. The molecular weight excluding hydrogens is 226 g/mol. The van der Waals surface area contributed by atoms with Crippen molar-refractivity contribution in [2.45, 2.75) is 6.43 Å². The number of aromatic nitrogens is 2. The fourth-order valence-electron chi connectivity index (χ4n) is 1.39. The predicted octanol–water partition coefficient (Wildman–Crippen LogP) is 3.16. The number of nitrogens with one attached hydrogen (secondary N) is 1. The number of hydrogen-bond acceptors (Lipinski definition) is 2. The number of methoxy groups -OCH3 is 1. The van der Waals surface area contributed by atoms with E-state index in [2.05, 4.69) is 10.2 Å². The Morgan fingerprint density at radius 1 is 1.47 bits per heavy atom. The second kappa shape index (κ2) is 3.66. The van der Waals surface area contributed by atoms with E-state index in [4.69, 9.17) is 16.3 Å². The maximum atomic E-state index is 12.6. The average Bonchev–Trinajstić information content (AvgIpc) is 2.63. The van der Waals surface area contributed by atoms with E-state index in [1.807, 2.05) is 0 Å². The Kier molecular flexibility index (Phi) is 2.48. The Hall–Kier alpha value is -1.36. The molecule has 1 aromatic heterocycles. The highest BCUT2D eigenvalue weighted by molar-refractivity contribution is 6.37. The summed E-state index contributed by atoms with van der Waals surface area (Å²) >= 11 is 5.91.